The number of nitrogens with zero attached hydrogens (tertiary/aromatic N) is 1. The summed E-state index contributed by atoms with van der Waals surface area (Å²) < 4.78 is 5.76. The van der Waals surface area contributed by atoms with E-state index in [0.717, 1.165) is 43.7 Å². The van der Waals surface area contributed by atoms with Crippen molar-refractivity contribution in [3.63, 3.8) is 0 Å². The number of carbonyl (C=O) groups excluding carboxylic acids is 1. The van der Waals surface area contributed by atoms with E-state index in [2.05, 4.69) is 26.0 Å². The smallest absolute Gasteiger partial charge is 0.222 e. The third-order valence-electron chi connectivity index (χ3n) is 3.83. The van der Waals surface area contributed by atoms with Gasteiger partial charge in [-0.1, -0.05) is 17.7 Å². The van der Waals surface area contributed by atoms with Crippen LogP contribution in [0.1, 0.15) is 43.2 Å². The Balaban J connectivity index is 1.69. The molecule has 0 radical (unpaired) electrons. The molecule has 2 rings (SSSR count). The Kier molecular flexibility index (Phi) is 5.45. The lowest BCUT2D eigenvalue weighted by atomic mass is 10.1. The van der Waals surface area contributed by atoms with Crippen molar-refractivity contribution in [1.29, 1.82) is 0 Å². The monoisotopic (exact) mass is 275 g/mol. The van der Waals surface area contributed by atoms with Crippen LogP contribution in [0, 0.1) is 13.8 Å². The van der Waals surface area contributed by atoms with Crippen molar-refractivity contribution in [2.24, 2.45) is 0 Å². The van der Waals surface area contributed by atoms with Crippen molar-refractivity contribution in [2.75, 3.05) is 19.7 Å². The van der Waals surface area contributed by atoms with Gasteiger partial charge < -0.3 is 9.64 Å². The number of hydrogen-bond acceptors (Lipinski definition) is 2. The number of piperidine rings is 1. The molecule has 110 valence electrons. The third-order valence-corrected chi connectivity index (χ3v) is 3.83. The van der Waals surface area contributed by atoms with E-state index in [1.54, 1.807) is 0 Å². The van der Waals surface area contributed by atoms with E-state index in [-0.39, 0.29) is 5.91 Å². The molecule has 0 unspecified atom stereocenters. The van der Waals surface area contributed by atoms with Gasteiger partial charge in [-0.05, 0) is 51.2 Å². The molecule has 0 N–H and O–H groups in total. The van der Waals surface area contributed by atoms with Crippen LogP contribution in [-0.4, -0.2) is 30.5 Å². The van der Waals surface area contributed by atoms with Crippen LogP contribution >= 0.6 is 0 Å². The van der Waals surface area contributed by atoms with Crippen LogP contribution in [0.15, 0.2) is 18.2 Å². The van der Waals surface area contributed by atoms with Gasteiger partial charge in [0.15, 0.2) is 0 Å². The summed E-state index contributed by atoms with van der Waals surface area (Å²) in [6.07, 6.45) is 4.97. The second-order valence-corrected chi connectivity index (χ2v) is 5.66. The zero-order valence-corrected chi connectivity index (χ0v) is 12.7. The summed E-state index contributed by atoms with van der Waals surface area (Å²) in [5.41, 5.74) is 2.41. The van der Waals surface area contributed by atoms with Crippen LogP contribution in [0.2, 0.25) is 0 Å². The van der Waals surface area contributed by atoms with Crippen molar-refractivity contribution in [2.45, 2.75) is 46.0 Å². The molecular weight excluding hydrogens is 250 g/mol. The zero-order chi connectivity index (χ0) is 14.4. The van der Waals surface area contributed by atoms with E-state index >= 15 is 0 Å². The molecule has 0 atom stereocenters. The number of benzene rings is 1. The Morgan fingerprint density at radius 3 is 2.65 bits per heavy atom. The predicted molar refractivity (Wildman–Crippen MR) is 81.1 cm³/mol. The minimum Gasteiger partial charge on any atom is -0.493 e. The van der Waals surface area contributed by atoms with Crippen LogP contribution in [0.5, 0.6) is 5.75 Å². The summed E-state index contributed by atoms with van der Waals surface area (Å²) >= 11 is 0. The van der Waals surface area contributed by atoms with E-state index in [1.807, 2.05) is 11.0 Å². The fraction of sp³-hybridized carbons (Fsp3) is 0.588. The molecule has 0 saturated carbocycles. The molecule has 0 spiro atoms. The average molecular weight is 275 g/mol. The first-order valence-electron chi connectivity index (χ1n) is 7.64. The lowest BCUT2D eigenvalue weighted by molar-refractivity contribution is -0.132. The number of amides is 1. The van der Waals surface area contributed by atoms with Crippen molar-refractivity contribution >= 4 is 5.91 Å². The van der Waals surface area contributed by atoms with Crippen molar-refractivity contribution in [3.8, 4) is 5.75 Å². The van der Waals surface area contributed by atoms with Crippen LogP contribution in [0.25, 0.3) is 0 Å². The van der Waals surface area contributed by atoms with Gasteiger partial charge in [0.05, 0.1) is 6.61 Å². The summed E-state index contributed by atoms with van der Waals surface area (Å²) in [6, 6.07) is 6.19. The standard InChI is InChI=1S/C17H25NO2/c1-14-8-9-16(15(2)13-14)20-12-6-7-17(19)18-10-4-3-5-11-18/h8-9,13H,3-7,10-12H2,1-2H3. The first-order chi connectivity index (χ1) is 9.66. The number of carbonyl (C=O) groups is 1. The molecule has 1 aromatic rings. The highest BCUT2D eigenvalue weighted by Gasteiger charge is 2.15. The molecular formula is C17H25NO2. The van der Waals surface area contributed by atoms with E-state index in [9.17, 15) is 4.79 Å². The number of rotatable bonds is 5. The second kappa shape index (κ2) is 7.32. The maximum Gasteiger partial charge on any atom is 0.222 e. The molecule has 1 aliphatic rings. The topological polar surface area (TPSA) is 29.5 Å². The Hall–Kier alpha value is -1.51. The third kappa shape index (κ3) is 4.26. The van der Waals surface area contributed by atoms with Crippen molar-refractivity contribution in [3.05, 3.63) is 29.3 Å². The molecule has 1 aromatic carbocycles. The Morgan fingerprint density at radius 2 is 1.95 bits per heavy atom. The number of ether oxygens (including phenoxy) is 1. The van der Waals surface area contributed by atoms with Crippen molar-refractivity contribution in [1.82, 2.24) is 4.90 Å². The minimum atomic E-state index is 0.286. The highest BCUT2D eigenvalue weighted by atomic mass is 16.5. The SMILES string of the molecule is Cc1ccc(OCCCC(=O)N2CCCCC2)c(C)c1. The molecule has 0 aromatic heterocycles. The number of hydrogen-bond donors (Lipinski definition) is 0. The summed E-state index contributed by atoms with van der Waals surface area (Å²) in [5.74, 6) is 1.22. The van der Waals surface area contributed by atoms with E-state index in [1.165, 1.54) is 12.0 Å². The summed E-state index contributed by atoms with van der Waals surface area (Å²) in [4.78, 5) is 14.0. The van der Waals surface area contributed by atoms with Gasteiger partial charge in [0.1, 0.15) is 5.75 Å². The lowest BCUT2D eigenvalue weighted by Gasteiger charge is -2.26. The summed E-state index contributed by atoms with van der Waals surface area (Å²) in [6.45, 7) is 6.63. The maximum atomic E-state index is 12.0. The van der Waals surface area contributed by atoms with Crippen molar-refractivity contribution < 1.29 is 9.53 Å². The van der Waals surface area contributed by atoms with E-state index < -0.39 is 0 Å². The normalized spacial score (nSPS) is 15.2. The largest absolute Gasteiger partial charge is 0.493 e. The quantitative estimate of drug-likeness (QED) is 0.770. The maximum absolute atomic E-state index is 12.0. The van der Waals surface area contributed by atoms with Crippen LogP contribution in [0.4, 0.5) is 0 Å². The van der Waals surface area contributed by atoms with Gasteiger partial charge in [0.25, 0.3) is 0 Å². The molecule has 0 bridgehead atoms. The molecule has 3 nitrogen and oxygen atoms in total. The molecule has 20 heavy (non-hydrogen) atoms. The number of likely N-dealkylation sites (tertiary alicyclic amines) is 1. The Morgan fingerprint density at radius 1 is 1.20 bits per heavy atom. The fourth-order valence-corrected chi connectivity index (χ4v) is 2.67. The molecule has 1 amide bonds. The van der Waals surface area contributed by atoms with Gasteiger partial charge >= 0.3 is 0 Å². The summed E-state index contributed by atoms with van der Waals surface area (Å²) in [5, 5.41) is 0. The van der Waals surface area contributed by atoms with Gasteiger partial charge in [-0.25, -0.2) is 0 Å². The minimum absolute atomic E-state index is 0.286. The van der Waals surface area contributed by atoms with Gasteiger partial charge in [-0.15, -0.1) is 0 Å². The van der Waals surface area contributed by atoms with E-state index in [0.29, 0.717) is 13.0 Å². The molecule has 3 heteroatoms. The van der Waals surface area contributed by atoms with Gasteiger partial charge in [0.2, 0.25) is 5.91 Å². The van der Waals surface area contributed by atoms with Gasteiger partial charge in [-0.3, -0.25) is 4.79 Å². The highest BCUT2D eigenvalue weighted by Crippen LogP contribution is 2.19. The molecule has 0 aliphatic carbocycles. The zero-order valence-electron chi connectivity index (χ0n) is 12.7. The van der Waals surface area contributed by atoms with Gasteiger partial charge in [0, 0.05) is 19.5 Å². The highest BCUT2D eigenvalue weighted by molar-refractivity contribution is 5.76. The average Bonchev–Trinajstić information content (AvgIpc) is 2.46. The second-order valence-electron chi connectivity index (χ2n) is 5.66. The Bertz CT molecular complexity index is 450. The van der Waals surface area contributed by atoms with Crippen LogP contribution in [-0.2, 0) is 4.79 Å². The van der Waals surface area contributed by atoms with Crippen LogP contribution < -0.4 is 4.74 Å². The summed E-state index contributed by atoms with van der Waals surface area (Å²) in [7, 11) is 0. The Labute approximate surface area is 121 Å². The lowest BCUT2D eigenvalue weighted by Crippen LogP contribution is -2.35. The molecule has 1 aliphatic heterocycles. The first-order valence-corrected chi connectivity index (χ1v) is 7.64. The first kappa shape index (κ1) is 14.9. The predicted octanol–water partition coefficient (Wildman–Crippen LogP) is 3.47. The molecule has 1 saturated heterocycles. The van der Waals surface area contributed by atoms with Crippen LogP contribution in [0.3, 0.4) is 0 Å². The fourth-order valence-electron chi connectivity index (χ4n) is 2.67. The molecule has 1 heterocycles. The van der Waals surface area contributed by atoms with Gasteiger partial charge in [-0.2, -0.15) is 0 Å². The number of aryl methyl sites for hydroxylation is 2. The molecule has 1 fully saturated rings. The van der Waals surface area contributed by atoms with E-state index in [4.69, 9.17) is 4.74 Å².